The molecule has 0 unspecified atom stereocenters. The fourth-order valence-electron chi connectivity index (χ4n) is 1.95. The van der Waals surface area contributed by atoms with Gasteiger partial charge in [-0.15, -0.1) is 0 Å². The maximum Gasteiger partial charge on any atom is 0.331 e. The SMILES string of the molecule is O=[N+]([O-])c1c(N2CCCC2)cc(F)c(F)c1F. The molecule has 7 heteroatoms. The van der Waals surface area contributed by atoms with Crippen LogP contribution in [0.15, 0.2) is 6.07 Å². The van der Waals surface area contributed by atoms with Gasteiger partial charge in [-0.1, -0.05) is 0 Å². The molecule has 0 spiro atoms. The zero-order chi connectivity index (χ0) is 12.6. The molecule has 1 fully saturated rings. The fourth-order valence-corrected chi connectivity index (χ4v) is 1.95. The highest BCUT2D eigenvalue weighted by molar-refractivity contribution is 5.64. The summed E-state index contributed by atoms with van der Waals surface area (Å²) in [6.07, 6.45) is 1.58. The van der Waals surface area contributed by atoms with Gasteiger partial charge in [0.2, 0.25) is 11.6 Å². The normalized spacial score (nSPS) is 15.4. The second-order valence-electron chi connectivity index (χ2n) is 3.81. The van der Waals surface area contributed by atoms with Crippen LogP contribution in [0.4, 0.5) is 24.5 Å². The molecular formula is C10H9F3N2O2. The topological polar surface area (TPSA) is 46.4 Å². The molecule has 1 saturated heterocycles. The van der Waals surface area contributed by atoms with Crippen LogP contribution in [0.3, 0.4) is 0 Å². The Balaban J connectivity index is 2.60. The Bertz CT molecular complexity index is 473. The molecule has 0 saturated carbocycles. The van der Waals surface area contributed by atoms with Gasteiger partial charge in [0.25, 0.3) is 0 Å². The van der Waals surface area contributed by atoms with Gasteiger partial charge in [-0.2, -0.15) is 4.39 Å². The van der Waals surface area contributed by atoms with Gasteiger partial charge in [0.15, 0.2) is 5.82 Å². The molecule has 1 heterocycles. The monoisotopic (exact) mass is 246 g/mol. The summed E-state index contributed by atoms with van der Waals surface area (Å²) >= 11 is 0. The van der Waals surface area contributed by atoms with E-state index in [9.17, 15) is 23.3 Å². The molecule has 17 heavy (non-hydrogen) atoms. The van der Waals surface area contributed by atoms with E-state index in [2.05, 4.69) is 0 Å². The second kappa shape index (κ2) is 4.23. The first-order valence-electron chi connectivity index (χ1n) is 5.09. The van der Waals surface area contributed by atoms with E-state index in [1.54, 1.807) is 0 Å². The summed E-state index contributed by atoms with van der Waals surface area (Å²) in [5.41, 5.74) is -1.19. The number of hydrogen-bond acceptors (Lipinski definition) is 3. The summed E-state index contributed by atoms with van der Waals surface area (Å²) in [5.74, 6) is -4.95. The largest absolute Gasteiger partial charge is 0.366 e. The number of anilines is 1. The second-order valence-corrected chi connectivity index (χ2v) is 3.81. The lowest BCUT2D eigenvalue weighted by Crippen LogP contribution is -2.20. The Labute approximate surface area is 94.8 Å². The zero-order valence-electron chi connectivity index (χ0n) is 8.75. The number of nitrogens with zero attached hydrogens (tertiary/aromatic N) is 2. The molecule has 0 N–H and O–H groups in total. The lowest BCUT2D eigenvalue weighted by molar-refractivity contribution is -0.387. The molecule has 1 aromatic rings. The number of halogens is 3. The summed E-state index contributed by atoms with van der Waals surface area (Å²) in [4.78, 5) is 11.2. The molecule has 0 aliphatic carbocycles. The van der Waals surface area contributed by atoms with Crippen LogP contribution in [0.1, 0.15) is 12.8 Å². The van der Waals surface area contributed by atoms with Crippen molar-refractivity contribution < 1.29 is 18.1 Å². The van der Waals surface area contributed by atoms with Crippen LogP contribution in [-0.2, 0) is 0 Å². The van der Waals surface area contributed by atoms with Crippen molar-refractivity contribution in [2.75, 3.05) is 18.0 Å². The smallest absolute Gasteiger partial charge is 0.331 e. The Kier molecular flexibility index (Phi) is 2.91. The average Bonchev–Trinajstić information content (AvgIpc) is 2.77. The third-order valence-corrected chi connectivity index (χ3v) is 2.75. The Hall–Kier alpha value is -1.79. The van der Waals surface area contributed by atoms with E-state index in [-0.39, 0.29) is 5.69 Å². The van der Waals surface area contributed by atoms with Gasteiger partial charge in [0.05, 0.1) is 4.92 Å². The van der Waals surface area contributed by atoms with Crippen molar-refractivity contribution in [3.63, 3.8) is 0 Å². The van der Waals surface area contributed by atoms with Gasteiger partial charge in [-0.25, -0.2) is 8.78 Å². The summed E-state index contributed by atoms with van der Waals surface area (Å²) < 4.78 is 39.4. The average molecular weight is 246 g/mol. The lowest BCUT2D eigenvalue weighted by Gasteiger charge is -2.17. The number of nitro benzene ring substituents is 1. The number of nitro groups is 1. The minimum atomic E-state index is -1.81. The third-order valence-electron chi connectivity index (χ3n) is 2.75. The van der Waals surface area contributed by atoms with Crippen molar-refractivity contribution >= 4 is 11.4 Å². The quantitative estimate of drug-likeness (QED) is 0.457. The number of hydrogen-bond donors (Lipinski definition) is 0. The van der Waals surface area contributed by atoms with Crippen LogP contribution in [-0.4, -0.2) is 18.0 Å². The van der Waals surface area contributed by atoms with E-state index < -0.39 is 28.1 Å². The number of benzene rings is 1. The van der Waals surface area contributed by atoms with Crippen molar-refractivity contribution in [1.82, 2.24) is 0 Å². The van der Waals surface area contributed by atoms with Crippen LogP contribution in [0.25, 0.3) is 0 Å². The zero-order valence-corrected chi connectivity index (χ0v) is 8.75. The first-order chi connectivity index (χ1) is 8.02. The maximum absolute atomic E-state index is 13.3. The lowest BCUT2D eigenvalue weighted by atomic mass is 10.2. The highest BCUT2D eigenvalue weighted by atomic mass is 19.2. The van der Waals surface area contributed by atoms with Gasteiger partial charge < -0.3 is 4.90 Å². The standard InChI is InChI=1S/C10H9F3N2O2/c11-6-5-7(14-3-1-2-4-14)10(15(16)17)9(13)8(6)12/h5H,1-4H2. The molecule has 0 amide bonds. The van der Waals surface area contributed by atoms with Gasteiger partial charge in [-0.3, -0.25) is 10.1 Å². The van der Waals surface area contributed by atoms with E-state index in [0.29, 0.717) is 19.2 Å². The molecule has 0 bridgehead atoms. The Morgan fingerprint density at radius 2 is 1.76 bits per heavy atom. The molecule has 1 aliphatic heterocycles. The summed E-state index contributed by atoms with van der Waals surface area (Å²) in [6.45, 7) is 0.955. The highest BCUT2D eigenvalue weighted by Gasteiger charge is 2.31. The van der Waals surface area contributed by atoms with Gasteiger partial charge in [-0.05, 0) is 12.8 Å². The van der Waals surface area contributed by atoms with Crippen LogP contribution in [0.2, 0.25) is 0 Å². The third kappa shape index (κ3) is 1.92. The van der Waals surface area contributed by atoms with Crippen molar-refractivity contribution in [3.8, 4) is 0 Å². The molecule has 4 nitrogen and oxygen atoms in total. The van der Waals surface area contributed by atoms with Crippen molar-refractivity contribution in [3.05, 3.63) is 33.6 Å². The van der Waals surface area contributed by atoms with E-state index in [1.807, 2.05) is 0 Å². The Morgan fingerprint density at radius 1 is 1.18 bits per heavy atom. The Morgan fingerprint density at radius 3 is 2.29 bits per heavy atom. The molecule has 1 aromatic carbocycles. The minimum Gasteiger partial charge on any atom is -0.366 e. The fraction of sp³-hybridized carbons (Fsp3) is 0.400. The van der Waals surface area contributed by atoms with Crippen LogP contribution in [0.5, 0.6) is 0 Å². The predicted molar refractivity (Wildman–Crippen MR) is 54.4 cm³/mol. The maximum atomic E-state index is 13.3. The van der Waals surface area contributed by atoms with Crippen LogP contribution >= 0.6 is 0 Å². The molecule has 0 radical (unpaired) electrons. The molecule has 2 rings (SSSR count). The summed E-state index contributed by atoms with van der Waals surface area (Å²) in [6, 6.07) is 0.682. The van der Waals surface area contributed by atoms with Crippen molar-refractivity contribution in [2.24, 2.45) is 0 Å². The van der Waals surface area contributed by atoms with Crippen molar-refractivity contribution in [2.45, 2.75) is 12.8 Å². The van der Waals surface area contributed by atoms with Crippen molar-refractivity contribution in [1.29, 1.82) is 0 Å². The highest BCUT2D eigenvalue weighted by Crippen LogP contribution is 2.35. The molecule has 0 aromatic heterocycles. The molecule has 92 valence electrons. The van der Waals surface area contributed by atoms with E-state index >= 15 is 0 Å². The first kappa shape index (κ1) is 11.7. The van der Waals surface area contributed by atoms with Crippen LogP contribution < -0.4 is 4.90 Å². The molecule has 1 aliphatic rings. The van der Waals surface area contributed by atoms with Gasteiger partial charge in [0.1, 0.15) is 5.69 Å². The van der Waals surface area contributed by atoms with E-state index in [0.717, 1.165) is 12.8 Å². The van der Waals surface area contributed by atoms with Gasteiger partial charge >= 0.3 is 5.69 Å². The van der Waals surface area contributed by atoms with E-state index in [1.165, 1.54) is 4.90 Å². The molecule has 0 atom stereocenters. The molecular weight excluding hydrogens is 237 g/mol. The summed E-state index contributed by atoms with van der Waals surface area (Å²) in [7, 11) is 0. The van der Waals surface area contributed by atoms with Crippen LogP contribution in [0, 0.1) is 27.6 Å². The van der Waals surface area contributed by atoms with Gasteiger partial charge in [0, 0.05) is 19.2 Å². The van der Waals surface area contributed by atoms with E-state index in [4.69, 9.17) is 0 Å². The number of rotatable bonds is 2. The first-order valence-corrected chi connectivity index (χ1v) is 5.09. The predicted octanol–water partition coefficient (Wildman–Crippen LogP) is 2.61. The minimum absolute atomic E-state index is 0.191. The summed E-state index contributed by atoms with van der Waals surface area (Å²) in [5, 5.41) is 10.7.